The Hall–Kier alpha value is -1.63. The van der Waals surface area contributed by atoms with E-state index in [2.05, 4.69) is 0 Å². The van der Waals surface area contributed by atoms with Gasteiger partial charge in [-0.3, -0.25) is 0 Å². The number of para-hydroxylation sites is 1. The van der Waals surface area contributed by atoms with Gasteiger partial charge < -0.3 is 0 Å². The van der Waals surface area contributed by atoms with Crippen LogP contribution in [0.2, 0.25) is 5.32 Å². The molecule has 1 aromatic carbocycles. The minimum absolute atomic E-state index is 0.133. The molecule has 0 radical (unpaired) electrons. The summed E-state index contributed by atoms with van der Waals surface area (Å²) in [7, 11) is 0. The van der Waals surface area contributed by atoms with Gasteiger partial charge in [0, 0.05) is 0 Å². The van der Waals surface area contributed by atoms with Crippen LogP contribution in [0, 0.1) is 11.3 Å². The number of hydrogen-bond acceptors (Lipinski definition) is 4. The van der Waals surface area contributed by atoms with Crippen LogP contribution in [0.4, 0.5) is 0 Å². The zero-order chi connectivity index (χ0) is 12.0. The summed E-state index contributed by atoms with van der Waals surface area (Å²) in [6.45, 7) is 1.28. The molecule has 0 fully saturated rings. The number of nitriles is 1. The fourth-order valence-electron chi connectivity index (χ4n) is 1.05. The molecule has 0 bridgehead atoms. The summed E-state index contributed by atoms with van der Waals surface area (Å²) >= 11 is -0.426. The zero-order valence-electron chi connectivity index (χ0n) is 8.60. The molecule has 0 unspecified atom stereocenters. The Morgan fingerprint density at radius 2 is 2.12 bits per heavy atom. The third-order valence-electron chi connectivity index (χ3n) is 1.63. The molecule has 0 amide bonds. The van der Waals surface area contributed by atoms with Crippen molar-refractivity contribution in [3.63, 3.8) is 0 Å². The van der Waals surface area contributed by atoms with Crippen molar-refractivity contribution in [3.05, 3.63) is 29.8 Å². The van der Waals surface area contributed by atoms with Gasteiger partial charge in [-0.15, -0.1) is 0 Å². The number of ether oxygens (including phenoxy) is 1. The van der Waals surface area contributed by atoms with Crippen LogP contribution in [-0.4, -0.2) is 25.6 Å². The van der Waals surface area contributed by atoms with E-state index in [0.717, 1.165) is 0 Å². The number of carbonyl (C=O) groups excluding carboxylic acids is 2. The average Bonchev–Trinajstić information content (AvgIpc) is 2.26. The standard InChI is InChI=1S/C11H9NO3Se/c1-8(13)15-10-5-3-2-4-9(10)11(14)16-7-6-12/h2-5H,7H2,1H3. The molecule has 0 aliphatic carbocycles. The van der Waals surface area contributed by atoms with E-state index >= 15 is 0 Å². The molecule has 82 valence electrons. The molecule has 1 rings (SSSR count). The van der Waals surface area contributed by atoms with Crippen molar-refractivity contribution in [3.8, 4) is 11.8 Å². The summed E-state index contributed by atoms with van der Waals surface area (Å²) in [5.41, 5.74) is 0.368. The summed E-state index contributed by atoms with van der Waals surface area (Å²) in [4.78, 5) is 22.5. The Bertz CT molecular complexity index is 451. The number of hydrogen-bond donors (Lipinski definition) is 0. The van der Waals surface area contributed by atoms with Gasteiger partial charge in [-0.1, -0.05) is 0 Å². The first-order valence-corrected chi connectivity index (χ1v) is 6.53. The Labute approximate surface area is 99.4 Å². The molecule has 0 aromatic heterocycles. The van der Waals surface area contributed by atoms with Gasteiger partial charge in [-0.05, 0) is 0 Å². The second-order valence-electron chi connectivity index (χ2n) is 2.82. The van der Waals surface area contributed by atoms with E-state index in [9.17, 15) is 9.59 Å². The van der Waals surface area contributed by atoms with Crippen LogP contribution in [0.3, 0.4) is 0 Å². The quantitative estimate of drug-likeness (QED) is 0.475. The molecular formula is C11H9NO3Se. The molecule has 0 atom stereocenters. The van der Waals surface area contributed by atoms with Crippen molar-refractivity contribution in [2.45, 2.75) is 12.2 Å². The maximum absolute atomic E-state index is 11.7. The Balaban J connectivity index is 2.90. The van der Waals surface area contributed by atoms with Gasteiger partial charge in [0.25, 0.3) is 0 Å². The van der Waals surface area contributed by atoms with E-state index in [1.165, 1.54) is 6.92 Å². The molecule has 0 heterocycles. The van der Waals surface area contributed by atoms with Crippen LogP contribution in [0.15, 0.2) is 24.3 Å². The first-order chi connectivity index (χ1) is 7.65. The van der Waals surface area contributed by atoms with E-state index in [-0.39, 0.29) is 15.8 Å². The second-order valence-corrected chi connectivity index (χ2v) is 4.81. The van der Waals surface area contributed by atoms with Crippen LogP contribution in [0.1, 0.15) is 17.3 Å². The average molecular weight is 282 g/mol. The normalized spacial score (nSPS) is 9.25. The summed E-state index contributed by atoms with van der Waals surface area (Å²) in [6, 6.07) is 8.48. The SMILES string of the molecule is CC(=O)Oc1ccccc1C(=O)[Se]CC#N. The summed E-state index contributed by atoms with van der Waals surface area (Å²) in [5, 5.41) is 8.63. The van der Waals surface area contributed by atoms with Gasteiger partial charge >= 0.3 is 99.1 Å². The Kier molecular flexibility index (Phi) is 4.71. The first-order valence-electron chi connectivity index (χ1n) is 4.46. The first kappa shape index (κ1) is 12.4. The third kappa shape index (κ3) is 3.50. The van der Waals surface area contributed by atoms with Crippen molar-refractivity contribution in [2.24, 2.45) is 0 Å². The van der Waals surface area contributed by atoms with Gasteiger partial charge in [0.05, 0.1) is 0 Å². The summed E-state index contributed by atoms with van der Waals surface area (Å²) in [6.07, 6.45) is 0. The summed E-state index contributed by atoms with van der Waals surface area (Å²) in [5.74, 6) is -0.201. The molecule has 0 N–H and O–H groups in total. The Morgan fingerprint density at radius 3 is 2.75 bits per heavy atom. The van der Waals surface area contributed by atoms with Crippen LogP contribution in [0.25, 0.3) is 0 Å². The van der Waals surface area contributed by atoms with E-state index in [1.807, 2.05) is 6.07 Å². The molecule has 0 aliphatic rings. The molecule has 1 aromatic rings. The predicted molar refractivity (Wildman–Crippen MR) is 58.3 cm³/mol. The molecule has 4 nitrogen and oxygen atoms in total. The number of rotatable bonds is 4. The van der Waals surface area contributed by atoms with Gasteiger partial charge in [0.1, 0.15) is 0 Å². The third-order valence-corrected chi connectivity index (χ3v) is 3.21. The number of carbonyl (C=O) groups is 2. The maximum atomic E-state index is 11.7. The molecule has 5 heteroatoms. The number of benzene rings is 1. The predicted octanol–water partition coefficient (Wildman–Crippen LogP) is 1.40. The monoisotopic (exact) mass is 283 g/mol. The fourth-order valence-corrected chi connectivity index (χ4v) is 2.15. The molecule has 0 aliphatic heterocycles. The van der Waals surface area contributed by atoms with Gasteiger partial charge in [-0.2, -0.15) is 0 Å². The van der Waals surface area contributed by atoms with Gasteiger partial charge in [0.2, 0.25) is 0 Å². The van der Waals surface area contributed by atoms with Crippen molar-refractivity contribution < 1.29 is 14.3 Å². The van der Waals surface area contributed by atoms with E-state index < -0.39 is 20.9 Å². The van der Waals surface area contributed by atoms with Crippen LogP contribution < -0.4 is 4.74 Å². The summed E-state index contributed by atoms with van der Waals surface area (Å²) < 4.78 is 4.78. The molecule has 0 saturated heterocycles. The van der Waals surface area contributed by atoms with E-state index in [0.29, 0.717) is 5.56 Å². The molecule has 0 saturated carbocycles. The molecular weight excluding hydrogens is 273 g/mol. The van der Waals surface area contributed by atoms with Gasteiger partial charge in [0.15, 0.2) is 0 Å². The zero-order valence-corrected chi connectivity index (χ0v) is 10.3. The topological polar surface area (TPSA) is 67.2 Å². The van der Waals surface area contributed by atoms with E-state index in [1.54, 1.807) is 24.3 Å². The second kappa shape index (κ2) is 6.06. The number of esters is 1. The molecule has 0 spiro atoms. The van der Waals surface area contributed by atoms with Crippen molar-refractivity contribution in [1.29, 1.82) is 5.26 Å². The van der Waals surface area contributed by atoms with E-state index in [4.69, 9.17) is 10.00 Å². The van der Waals surface area contributed by atoms with Crippen molar-refractivity contribution in [2.75, 3.05) is 0 Å². The van der Waals surface area contributed by atoms with Crippen LogP contribution in [0.5, 0.6) is 5.75 Å². The van der Waals surface area contributed by atoms with Gasteiger partial charge in [-0.25, -0.2) is 0 Å². The fraction of sp³-hybridized carbons (Fsp3) is 0.182. The van der Waals surface area contributed by atoms with Crippen LogP contribution in [-0.2, 0) is 4.79 Å². The van der Waals surface area contributed by atoms with Crippen molar-refractivity contribution >= 4 is 25.6 Å². The molecule has 16 heavy (non-hydrogen) atoms. The number of nitrogens with zero attached hydrogens (tertiary/aromatic N) is 1. The minimum atomic E-state index is -0.465. The van der Waals surface area contributed by atoms with Crippen molar-refractivity contribution in [1.82, 2.24) is 0 Å². The Morgan fingerprint density at radius 1 is 1.44 bits per heavy atom. The van der Waals surface area contributed by atoms with Crippen LogP contribution >= 0.6 is 0 Å².